The molecule has 0 aromatic heterocycles. The summed E-state index contributed by atoms with van der Waals surface area (Å²) >= 11 is 0. The molecule has 3 atom stereocenters. The third kappa shape index (κ3) is 3.43. The van der Waals surface area contributed by atoms with Gasteiger partial charge in [-0.1, -0.05) is 19.3 Å². The molecule has 0 aromatic carbocycles. The first-order chi connectivity index (χ1) is 8.04. The van der Waals surface area contributed by atoms with E-state index in [1.165, 1.54) is 38.5 Å². The highest BCUT2D eigenvalue weighted by Crippen LogP contribution is 2.37. The molecule has 1 aliphatic heterocycles. The maximum atomic E-state index is 6.00. The third-order valence-corrected chi connectivity index (χ3v) is 4.48. The van der Waals surface area contributed by atoms with Crippen LogP contribution in [-0.4, -0.2) is 29.2 Å². The molecule has 3 N–H and O–H groups in total. The smallest absolute Gasteiger partial charge is 0.0422 e. The Bertz CT molecular complexity index is 242. The number of rotatable bonds is 5. The average molecular weight is 239 g/mol. The summed E-state index contributed by atoms with van der Waals surface area (Å²) in [5.74, 6) is 0.923. The van der Waals surface area contributed by atoms with E-state index < -0.39 is 0 Å². The molecule has 1 saturated carbocycles. The van der Waals surface area contributed by atoms with Crippen molar-refractivity contribution in [3.8, 4) is 0 Å². The van der Waals surface area contributed by atoms with Crippen LogP contribution in [0.5, 0.6) is 0 Å². The zero-order chi connectivity index (χ0) is 12.5. The first-order valence-electron chi connectivity index (χ1n) is 7.30. The van der Waals surface area contributed by atoms with Gasteiger partial charge < -0.3 is 5.73 Å². The molecular weight excluding hydrogens is 210 g/mol. The topological polar surface area (TPSA) is 41.3 Å². The van der Waals surface area contributed by atoms with Crippen molar-refractivity contribution >= 4 is 0 Å². The van der Waals surface area contributed by atoms with Crippen LogP contribution < -0.4 is 11.2 Å². The van der Waals surface area contributed by atoms with Crippen LogP contribution in [0.15, 0.2) is 0 Å². The van der Waals surface area contributed by atoms with Crippen molar-refractivity contribution in [2.75, 3.05) is 6.54 Å². The number of nitrogens with two attached hydrogens (primary N) is 1. The number of piperidine rings is 1. The predicted molar refractivity (Wildman–Crippen MR) is 72.6 cm³/mol. The molecule has 0 spiro atoms. The summed E-state index contributed by atoms with van der Waals surface area (Å²) in [5, 5.41) is 2.47. The molecule has 2 fully saturated rings. The lowest BCUT2D eigenvalue weighted by atomic mass is 9.94. The molecule has 100 valence electrons. The lowest BCUT2D eigenvalue weighted by Crippen LogP contribution is -2.62. The van der Waals surface area contributed by atoms with Gasteiger partial charge in [0.05, 0.1) is 0 Å². The summed E-state index contributed by atoms with van der Waals surface area (Å²) in [4.78, 5) is 0. The Kier molecular flexibility index (Phi) is 4.11. The van der Waals surface area contributed by atoms with E-state index in [0.717, 1.165) is 12.5 Å². The summed E-state index contributed by atoms with van der Waals surface area (Å²) in [7, 11) is 0. The zero-order valence-corrected chi connectivity index (χ0v) is 11.7. The Morgan fingerprint density at radius 1 is 1.18 bits per heavy atom. The molecule has 17 heavy (non-hydrogen) atoms. The molecule has 0 radical (unpaired) electrons. The summed E-state index contributed by atoms with van der Waals surface area (Å²) in [6, 6.07) is 1.28. The summed E-state index contributed by atoms with van der Waals surface area (Å²) in [6.45, 7) is 7.69. The largest absolute Gasteiger partial charge is 0.329 e. The van der Waals surface area contributed by atoms with Crippen LogP contribution in [0, 0.1) is 5.92 Å². The van der Waals surface area contributed by atoms with Gasteiger partial charge in [-0.2, -0.15) is 0 Å². The molecule has 0 bridgehead atoms. The van der Waals surface area contributed by atoms with Crippen LogP contribution in [0.2, 0.25) is 0 Å². The zero-order valence-electron chi connectivity index (χ0n) is 11.7. The van der Waals surface area contributed by atoms with E-state index in [2.05, 4.69) is 31.2 Å². The standard InChI is InChI=1S/C14H29N3/c1-11-5-4-6-12(2)17(11)16-14(3,10-15)9-13-7-8-13/h11-13,16H,4-10,15H2,1-3H3. The van der Waals surface area contributed by atoms with Gasteiger partial charge in [-0.3, -0.25) is 0 Å². The highest BCUT2D eigenvalue weighted by atomic mass is 15.6. The number of nitrogens with one attached hydrogen (secondary N) is 1. The van der Waals surface area contributed by atoms with Crippen LogP contribution in [-0.2, 0) is 0 Å². The fourth-order valence-corrected chi connectivity index (χ4v) is 3.09. The van der Waals surface area contributed by atoms with Crippen LogP contribution in [0.25, 0.3) is 0 Å². The van der Waals surface area contributed by atoms with E-state index in [1.807, 2.05) is 0 Å². The van der Waals surface area contributed by atoms with Crippen LogP contribution >= 0.6 is 0 Å². The second-order valence-electron chi connectivity index (χ2n) is 6.56. The molecule has 1 aliphatic carbocycles. The number of nitrogens with zero attached hydrogens (tertiary/aromatic N) is 1. The van der Waals surface area contributed by atoms with Gasteiger partial charge in [0.15, 0.2) is 0 Å². The number of hydrazine groups is 1. The lowest BCUT2D eigenvalue weighted by molar-refractivity contribution is 0.00288. The van der Waals surface area contributed by atoms with E-state index in [9.17, 15) is 0 Å². The molecule has 3 nitrogen and oxygen atoms in total. The van der Waals surface area contributed by atoms with E-state index >= 15 is 0 Å². The Labute approximate surface area is 106 Å². The fraction of sp³-hybridized carbons (Fsp3) is 1.00. The number of hydrogen-bond donors (Lipinski definition) is 2. The predicted octanol–water partition coefficient (Wildman–Crippen LogP) is 2.27. The molecule has 3 unspecified atom stereocenters. The van der Waals surface area contributed by atoms with Crippen molar-refractivity contribution in [3.05, 3.63) is 0 Å². The molecule has 2 aliphatic rings. The van der Waals surface area contributed by atoms with Crippen molar-refractivity contribution in [2.24, 2.45) is 11.7 Å². The Hall–Kier alpha value is -0.120. The normalized spacial score (nSPS) is 34.6. The fourth-order valence-electron chi connectivity index (χ4n) is 3.09. The first-order valence-corrected chi connectivity index (χ1v) is 7.30. The minimum absolute atomic E-state index is 0.0982. The Morgan fingerprint density at radius 2 is 1.76 bits per heavy atom. The lowest BCUT2D eigenvalue weighted by Gasteiger charge is -2.45. The summed E-state index contributed by atoms with van der Waals surface area (Å²) in [6.07, 6.45) is 8.02. The quantitative estimate of drug-likeness (QED) is 0.773. The van der Waals surface area contributed by atoms with Crippen molar-refractivity contribution < 1.29 is 0 Å². The highest BCUT2D eigenvalue weighted by molar-refractivity contribution is 4.92. The van der Waals surface area contributed by atoms with Gasteiger partial charge >= 0.3 is 0 Å². The van der Waals surface area contributed by atoms with Gasteiger partial charge in [0.2, 0.25) is 0 Å². The van der Waals surface area contributed by atoms with E-state index in [0.29, 0.717) is 12.1 Å². The Balaban J connectivity index is 1.95. The van der Waals surface area contributed by atoms with E-state index in [1.54, 1.807) is 0 Å². The average Bonchev–Trinajstić information content (AvgIpc) is 3.08. The van der Waals surface area contributed by atoms with Gasteiger partial charge in [-0.05, 0) is 46.0 Å². The summed E-state index contributed by atoms with van der Waals surface area (Å²) in [5.41, 5.74) is 9.86. The SMILES string of the molecule is CC1CCCC(C)N1NC(C)(CN)CC1CC1. The van der Waals surface area contributed by atoms with Crippen molar-refractivity contribution in [1.29, 1.82) is 0 Å². The number of hydrogen-bond acceptors (Lipinski definition) is 3. The van der Waals surface area contributed by atoms with Gasteiger partial charge in [0, 0.05) is 24.2 Å². The summed E-state index contributed by atoms with van der Waals surface area (Å²) < 4.78 is 0. The Morgan fingerprint density at radius 3 is 2.24 bits per heavy atom. The van der Waals surface area contributed by atoms with Gasteiger partial charge in [-0.25, -0.2) is 10.4 Å². The third-order valence-electron chi connectivity index (χ3n) is 4.48. The second kappa shape index (κ2) is 5.25. The van der Waals surface area contributed by atoms with E-state index in [4.69, 9.17) is 5.73 Å². The maximum absolute atomic E-state index is 6.00. The molecular formula is C14H29N3. The molecule has 1 heterocycles. The molecule has 1 saturated heterocycles. The van der Waals surface area contributed by atoms with Crippen LogP contribution in [0.3, 0.4) is 0 Å². The minimum Gasteiger partial charge on any atom is -0.329 e. The molecule has 0 amide bonds. The van der Waals surface area contributed by atoms with Crippen LogP contribution in [0.1, 0.15) is 59.3 Å². The van der Waals surface area contributed by atoms with Gasteiger partial charge in [-0.15, -0.1) is 0 Å². The van der Waals surface area contributed by atoms with Crippen LogP contribution in [0.4, 0.5) is 0 Å². The van der Waals surface area contributed by atoms with Crippen molar-refractivity contribution in [1.82, 2.24) is 10.4 Å². The van der Waals surface area contributed by atoms with Gasteiger partial charge in [0.25, 0.3) is 0 Å². The van der Waals surface area contributed by atoms with Crippen molar-refractivity contribution in [3.63, 3.8) is 0 Å². The van der Waals surface area contributed by atoms with E-state index in [-0.39, 0.29) is 5.54 Å². The monoisotopic (exact) mass is 239 g/mol. The van der Waals surface area contributed by atoms with Crippen molar-refractivity contribution in [2.45, 2.75) is 76.9 Å². The second-order valence-corrected chi connectivity index (χ2v) is 6.56. The maximum Gasteiger partial charge on any atom is 0.0422 e. The molecule has 3 heteroatoms. The van der Waals surface area contributed by atoms with Gasteiger partial charge in [0.1, 0.15) is 0 Å². The minimum atomic E-state index is 0.0982. The molecule has 0 aromatic rings. The first kappa shape index (κ1) is 13.3. The molecule has 2 rings (SSSR count). The highest BCUT2D eigenvalue weighted by Gasteiger charge is 2.36.